The molecule has 0 aliphatic rings. The molecule has 1 atom stereocenters. The Morgan fingerprint density at radius 2 is 1.20 bits per heavy atom. The molecule has 0 radical (unpaired) electrons. The second-order valence-electron chi connectivity index (χ2n) is 9.18. The third kappa shape index (κ3) is 45.2. The van der Waals surface area contributed by atoms with Gasteiger partial charge in [0, 0.05) is 29.3 Å². The number of carbonyl (C=O) groups is 3. The summed E-state index contributed by atoms with van der Waals surface area (Å²) >= 11 is 0. The second kappa shape index (κ2) is 36.2. The van der Waals surface area contributed by atoms with Crippen molar-refractivity contribution in [3.8, 4) is 47.4 Å². The molecule has 0 saturated carbocycles. The first kappa shape index (κ1) is 49.6. The first-order valence-corrected chi connectivity index (χ1v) is 15.7. The Kier molecular flexibility index (Phi) is 40.9. The first-order chi connectivity index (χ1) is 20.0. The van der Waals surface area contributed by atoms with Gasteiger partial charge >= 0.3 is 71.1 Å². The third-order valence-corrected chi connectivity index (χ3v) is 5.67. The summed E-state index contributed by atoms with van der Waals surface area (Å²) in [6.45, 7) is 3.86. The molecule has 0 spiro atoms. The average molecular weight is 666 g/mol. The molecule has 44 heavy (non-hydrogen) atoms. The van der Waals surface area contributed by atoms with Crippen molar-refractivity contribution in [1.82, 2.24) is 0 Å². The van der Waals surface area contributed by atoms with Crippen molar-refractivity contribution >= 4 is 25.7 Å². The molecule has 0 bridgehead atoms. The largest absolute Gasteiger partial charge is 1.00 e. The van der Waals surface area contributed by atoms with E-state index in [1.807, 2.05) is 0 Å². The van der Waals surface area contributed by atoms with Crippen molar-refractivity contribution in [2.75, 3.05) is 13.2 Å². The molecule has 0 aromatic heterocycles. The van der Waals surface area contributed by atoms with Gasteiger partial charge in [-0.15, -0.1) is 0 Å². The molecule has 10 nitrogen and oxygen atoms in total. The molecular weight excluding hydrogens is 607 g/mol. The van der Waals surface area contributed by atoms with E-state index in [0.29, 0.717) is 6.42 Å². The number of hydrogen-bond donors (Lipinski definition) is 1. The summed E-state index contributed by atoms with van der Waals surface area (Å²) in [5.41, 5.74) is 4.47. The second-order valence-corrected chi connectivity index (χ2v) is 10.3. The quantitative estimate of drug-likeness (QED) is 0.0430. The standard InChI is InChI=1S/C29H41O8P.C2H5NO.2Na.7H2/c1-3-5-7-9-11-12-13-14-15-16-18-20-22-24-29(31)37-27(26-36-38(32,33)34)25-35-28(30)23-21-19-17-10-8-6-4-2;1-2(3)4;;;;;;;;;/h27H,3,5,7,9,11-16,18,20,22,24-26H2,1-2H3,(H2,32,33,34);1H3,(H2,3,4);;;7*1H/q;;2*+1;;;;;;;/p-2/t27-;;;;;;;;;;/m1........../s1. The molecule has 0 fully saturated rings. The molecule has 13 heteroatoms. The van der Waals surface area contributed by atoms with Crippen molar-refractivity contribution in [2.45, 2.75) is 117 Å². The fraction of sp³-hybridized carbons (Fsp3) is 0.645. The van der Waals surface area contributed by atoms with Crippen LogP contribution in [-0.4, -0.2) is 37.2 Å². The molecule has 248 valence electrons. The Morgan fingerprint density at radius 1 is 0.773 bits per heavy atom. The van der Waals surface area contributed by atoms with Crippen LogP contribution in [0.4, 0.5) is 0 Å². The van der Waals surface area contributed by atoms with Gasteiger partial charge in [0.1, 0.15) is 6.61 Å². The van der Waals surface area contributed by atoms with Gasteiger partial charge in [-0.1, -0.05) is 89.9 Å². The van der Waals surface area contributed by atoms with Crippen molar-refractivity contribution in [3.63, 3.8) is 0 Å². The Balaban J connectivity index is -0.000000129. The molecule has 0 unspecified atom stereocenters. The van der Waals surface area contributed by atoms with E-state index in [1.165, 1.54) is 64.7 Å². The Hall–Kier alpha value is -1.24. The predicted octanol–water partition coefficient (Wildman–Crippen LogP) is -0.977. The fourth-order valence-electron chi connectivity index (χ4n) is 3.30. The van der Waals surface area contributed by atoms with Gasteiger partial charge < -0.3 is 34.1 Å². The number of phosphoric acid groups is 1. The first-order valence-electron chi connectivity index (χ1n) is 14.2. The van der Waals surface area contributed by atoms with Gasteiger partial charge in [0.05, 0.1) is 14.4 Å². The molecule has 0 rings (SSSR count). The van der Waals surface area contributed by atoms with Crippen LogP contribution in [0.2, 0.25) is 0 Å². The fourth-order valence-corrected chi connectivity index (χ4v) is 3.65. The molecule has 1 amide bonds. The van der Waals surface area contributed by atoms with Gasteiger partial charge in [0.15, 0.2) is 6.10 Å². The molecule has 0 aromatic rings. The molecule has 2 N–H and O–H groups in total. The Morgan fingerprint density at radius 3 is 1.66 bits per heavy atom. The van der Waals surface area contributed by atoms with Gasteiger partial charge in [-0.25, -0.2) is 4.79 Å². The summed E-state index contributed by atoms with van der Waals surface area (Å²) < 4.78 is 24.9. The van der Waals surface area contributed by atoms with Crippen molar-refractivity contribution in [3.05, 3.63) is 0 Å². The van der Waals surface area contributed by atoms with Crippen LogP contribution in [0.25, 0.3) is 0 Å². The van der Waals surface area contributed by atoms with Gasteiger partial charge in [-0.2, -0.15) is 0 Å². The van der Waals surface area contributed by atoms with E-state index >= 15 is 0 Å². The minimum absolute atomic E-state index is 0. The minimum atomic E-state index is -5.30. The van der Waals surface area contributed by atoms with Crippen LogP contribution in [-0.2, 0) is 32.9 Å². The molecule has 0 aromatic carbocycles. The van der Waals surface area contributed by atoms with E-state index in [-0.39, 0.29) is 81.4 Å². The number of nitrogens with two attached hydrogens (primary N) is 1. The predicted molar refractivity (Wildman–Crippen MR) is 171 cm³/mol. The number of unbranched alkanes of at least 4 members (excludes halogenated alkanes) is 12. The summed E-state index contributed by atoms with van der Waals surface area (Å²) in [7, 11) is -5.30. The summed E-state index contributed by atoms with van der Waals surface area (Å²) in [5.74, 6) is 17.0. The maximum atomic E-state index is 12.1. The number of phosphoric ester groups is 1. The van der Waals surface area contributed by atoms with Crippen LogP contribution in [0.3, 0.4) is 0 Å². The van der Waals surface area contributed by atoms with E-state index in [2.05, 4.69) is 64.5 Å². The zero-order valence-corrected chi connectivity index (χ0v) is 32.0. The van der Waals surface area contributed by atoms with Crippen LogP contribution in [0.5, 0.6) is 0 Å². The number of ether oxygens (including phenoxy) is 2. The van der Waals surface area contributed by atoms with E-state index in [0.717, 1.165) is 19.3 Å². The van der Waals surface area contributed by atoms with Crippen LogP contribution >= 0.6 is 7.82 Å². The minimum Gasteiger partial charge on any atom is -0.790 e. The van der Waals surface area contributed by atoms with Crippen LogP contribution in [0, 0.1) is 47.4 Å². The van der Waals surface area contributed by atoms with E-state index in [1.54, 1.807) is 6.92 Å². The number of primary amides is 1. The summed E-state index contributed by atoms with van der Waals surface area (Å²) in [6.07, 6.45) is 14.1. The summed E-state index contributed by atoms with van der Waals surface area (Å²) in [4.78, 5) is 54.6. The monoisotopic (exact) mass is 665 g/mol. The number of carbonyl (C=O) groups excluding carboxylic acids is 3. The van der Waals surface area contributed by atoms with Crippen LogP contribution in [0.1, 0.15) is 121 Å². The summed E-state index contributed by atoms with van der Waals surface area (Å²) in [5, 5.41) is 0. The molecule has 0 aliphatic heterocycles. The van der Waals surface area contributed by atoms with Crippen molar-refractivity contribution < 1.29 is 112 Å². The zero-order valence-electron chi connectivity index (χ0n) is 27.1. The number of rotatable bonds is 20. The van der Waals surface area contributed by atoms with E-state index in [9.17, 15) is 28.7 Å². The van der Waals surface area contributed by atoms with Crippen LogP contribution in [0.15, 0.2) is 0 Å². The Bertz CT molecular complexity index is 1110. The van der Waals surface area contributed by atoms with Crippen molar-refractivity contribution in [1.29, 1.82) is 0 Å². The van der Waals surface area contributed by atoms with Gasteiger partial charge in [-0.05, 0) is 48.9 Å². The number of hydrogen-bond acceptors (Lipinski definition) is 9. The van der Waals surface area contributed by atoms with E-state index < -0.39 is 39.1 Å². The van der Waals surface area contributed by atoms with Gasteiger partial charge in [-0.3, -0.25) is 9.59 Å². The van der Waals surface area contributed by atoms with Crippen LogP contribution < -0.4 is 74.6 Å². The van der Waals surface area contributed by atoms with Crippen molar-refractivity contribution in [2.24, 2.45) is 5.73 Å². The average Bonchev–Trinajstić information content (AvgIpc) is 2.91. The third-order valence-electron chi connectivity index (χ3n) is 5.20. The smallest absolute Gasteiger partial charge is 0.790 e. The maximum absolute atomic E-state index is 12.1. The molecule has 0 aliphatic carbocycles. The van der Waals surface area contributed by atoms with Gasteiger partial charge in [0.2, 0.25) is 5.91 Å². The van der Waals surface area contributed by atoms with E-state index in [4.69, 9.17) is 9.47 Å². The Labute approximate surface area is 318 Å². The topological polar surface area (TPSA) is 168 Å². The summed E-state index contributed by atoms with van der Waals surface area (Å²) in [6, 6.07) is 0. The SMILES string of the molecule is CC#CC#CC#CC#CC(=O)OC[C@H](COP(=O)([O-])[O-])OC(=O)CCCCCCCCCCCCCCC.CC(N)=O.[HH].[HH].[HH].[HH].[HH].[HH].[HH].[Na+].[Na+]. The number of esters is 2. The molecule has 0 heterocycles. The number of amides is 1. The normalized spacial score (nSPS) is 9.84. The van der Waals surface area contributed by atoms with Gasteiger partial charge in [0.25, 0.3) is 0 Å². The maximum Gasteiger partial charge on any atom is 1.00 e. The zero-order chi connectivity index (χ0) is 31.9. The molecular formula is C31H58NNa2O9P. The molecule has 0 saturated heterocycles.